The van der Waals surface area contributed by atoms with Crippen molar-refractivity contribution in [2.45, 2.75) is 33.2 Å². The van der Waals surface area contributed by atoms with Gasteiger partial charge in [-0.2, -0.15) is 0 Å². The molecule has 0 aliphatic carbocycles. The van der Waals surface area contributed by atoms with Gasteiger partial charge < -0.3 is 21.7 Å². The molecular weight excluding hydrogens is 308 g/mol. The van der Waals surface area contributed by atoms with E-state index in [0.29, 0.717) is 17.8 Å². The summed E-state index contributed by atoms with van der Waals surface area (Å²) in [4.78, 5) is 35.5. The molecule has 0 unspecified atom stereocenters. The molecule has 0 fully saturated rings. The van der Waals surface area contributed by atoms with Gasteiger partial charge in [0.15, 0.2) is 0 Å². The minimum Gasteiger partial charge on any atom is -0.352 e. The molecule has 0 aliphatic rings. The molecule has 132 valence electrons. The van der Waals surface area contributed by atoms with Crippen molar-refractivity contribution < 1.29 is 14.4 Å². The van der Waals surface area contributed by atoms with E-state index in [1.54, 1.807) is 24.3 Å². The number of carbonyl (C=O) groups excluding carboxylic acids is 3. The number of benzene rings is 1. The monoisotopic (exact) mass is 334 g/mol. The van der Waals surface area contributed by atoms with Crippen LogP contribution in [0.2, 0.25) is 0 Å². The highest BCUT2D eigenvalue weighted by atomic mass is 16.2. The smallest absolute Gasteiger partial charge is 0.251 e. The van der Waals surface area contributed by atoms with Gasteiger partial charge in [0.25, 0.3) is 5.91 Å². The van der Waals surface area contributed by atoms with E-state index in [4.69, 9.17) is 5.73 Å². The standard InChI is InChI=1S/C17H26N4O3/c1-4-8-19-16(23)12-6-5-7-13(9-12)21-14(22)10-20-17(24)15(18)11(2)3/h5-7,9,11,15H,4,8,10,18H2,1-3H3,(H,19,23)(H,20,24)(H,21,22)/t15-/m0/s1. The zero-order valence-electron chi connectivity index (χ0n) is 14.4. The van der Waals surface area contributed by atoms with Crippen molar-refractivity contribution >= 4 is 23.4 Å². The highest BCUT2D eigenvalue weighted by molar-refractivity contribution is 5.98. The lowest BCUT2D eigenvalue weighted by Gasteiger charge is -2.15. The first-order valence-electron chi connectivity index (χ1n) is 8.06. The van der Waals surface area contributed by atoms with E-state index in [9.17, 15) is 14.4 Å². The predicted octanol–water partition coefficient (Wildman–Crippen LogP) is 0.864. The van der Waals surface area contributed by atoms with Crippen molar-refractivity contribution in [2.75, 3.05) is 18.4 Å². The lowest BCUT2D eigenvalue weighted by molar-refractivity contribution is -0.125. The second-order valence-corrected chi connectivity index (χ2v) is 5.87. The Bertz CT molecular complexity index is 587. The quantitative estimate of drug-likeness (QED) is 0.565. The molecule has 0 aliphatic heterocycles. The molecule has 1 aromatic carbocycles. The Morgan fingerprint density at radius 1 is 1.17 bits per heavy atom. The minimum atomic E-state index is -0.650. The topological polar surface area (TPSA) is 113 Å². The zero-order valence-corrected chi connectivity index (χ0v) is 14.4. The Labute approximate surface area is 142 Å². The normalized spacial score (nSPS) is 11.7. The Hall–Kier alpha value is -2.41. The van der Waals surface area contributed by atoms with Gasteiger partial charge >= 0.3 is 0 Å². The van der Waals surface area contributed by atoms with Crippen LogP contribution in [0.5, 0.6) is 0 Å². The van der Waals surface area contributed by atoms with Crippen LogP contribution in [-0.4, -0.2) is 36.9 Å². The van der Waals surface area contributed by atoms with Crippen molar-refractivity contribution in [2.24, 2.45) is 11.7 Å². The summed E-state index contributed by atoms with van der Waals surface area (Å²) in [5.74, 6) is -0.950. The van der Waals surface area contributed by atoms with Crippen LogP contribution in [0.1, 0.15) is 37.6 Å². The molecule has 0 aromatic heterocycles. The fourth-order valence-corrected chi connectivity index (χ4v) is 1.87. The van der Waals surface area contributed by atoms with Crippen molar-refractivity contribution in [3.8, 4) is 0 Å². The van der Waals surface area contributed by atoms with Crippen LogP contribution in [0.15, 0.2) is 24.3 Å². The van der Waals surface area contributed by atoms with Crippen LogP contribution in [-0.2, 0) is 9.59 Å². The molecule has 1 aromatic rings. The maximum atomic E-state index is 11.9. The first kappa shape index (κ1) is 19.6. The summed E-state index contributed by atoms with van der Waals surface area (Å²) >= 11 is 0. The summed E-state index contributed by atoms with van der Waals surface area (Å²) in [6.07, 6.45) is 0.848. The number of hydrogen-bond acceptors (Lipinski definition) is 4. The first-order chi connectivity index (χ1) is 11.3. The van der Waals surface area contributed by atoms with E-state index < -0.39 is 6.04 Å². The van der Waals surface area contributed by atoms with Gasteiger partial charge in [0, 0.05) is 17.8 Å². The van der Waals surface area contributed by atoms with Gasteiger partial charge in [0.1, 0.15) is 0 Å². The van der Waals surface area contributed by atoms with Gasteiger partial charge in [-0.1, -0.05) is 26.8 Å². The Balaban J connectivity index is 2.55. The van der Waals surface area contributed by atoms with Crippen molar-refractivity contribution in [3.63, 3.8) is 0 Å². The van der Waals surface area contributed by atoms with Crippen LogP contribution in [0.25, 0.3) is 0 Å². The molecule has 0 heterocycles. The average molecular weight is 334 g/mol. The third-order valence-electron chi connectivity index (χ3n) is 3.39. The number of anilines is 1. The summed E-state index contributed by atoms with van der Waals surface area (Å²) in [5.41, 5.74) is 6.66. The second-order valence-electron chi connectivity index (χ2n) is 5.87. The van der Waals surface area contributed by atoms with Gasteiger partial charge in [-0.05, 0) is 30.5 Å². The second kappa shape index (κ2) is 9.67. The Kier molecular flexibility index (Phi) is 7.91. The zero-order chi connectivity index (χ0) is 18.1. The van der Waals surface area contributed by atoms with E-state index in [-0.39, 0.29) is 30.2 Å². The van der Waals surface area contributed by atoms with Crippen molar-refractivity contribution in [1.29, 1.82) is 0 Å². The molecule has 24 heavy (non-hydrogen) atoms. The highest BCUT2D eigenvalue weighted by Crippen LogP contribution is 2.10. The van der Waals surface area contributed by atoms with E-state index in [1.807, 2.05) is 20.8 Å². The van der Waals surface area contributed by atoms with Crippen molar-refractivity contribution in [1.82, 2.24) is 10.6 Å². The van der Waals surface area contributed by atoms with Gasteiger partial charge in [-0.3, -0.25) is 14.4 Å². The van der Waals surface area contributed by atoms with Gasteiger partial charge in [0.2, 0.25) is 11.8 Å². The van der Waals surface area contributed by atoms with Crippen LogP contribution in [0.3, 0.4) is 0 Å². The van der Waals surface area contributed by atoms with E-state index >= 15 is 0 Å². The number of nitrogens with two attached hydrogens (primary N) is 1. The molecule has 7 nitrogen and oxygen atoms in total. The fourth-order valence-electron chi connectivity index (χ4n) is 1.87. The third-order valence-corrected chi connectivity index (χ3v) is 3.39. The van der Waals surface area contributed by atoms with Crippen LogP contribution < -0.4 is 21.7 Å². The SMILES string of the molecule is CCCNC(=O)c1cccc(NC(=O)CNC(=O)[C@@H](N)C(C)C)c1. The molecule has 0 saturated carbocycles. The summed E-state index contributed by atoms with van der Waals surface area (Å²) < 4.78 is 0. The molecule has 5 N–H and O–H groups in total. The van der Waals surface area contributed by atoms with Gasteiger partial charge in [0.05, 0.1) is 12.6 Å². The summed E-state index contributed by atoms with van der Waals surface area (Å²) in [7, 11) is 0. The largest absolute Gasteiger partial charge is 0.352 e. The van der Waals surface area contributed by atoms with Crippen LogP contribution in [0.4, 0.5) is 5.69 Å². The predicted molar refractivity (Wildman–Crippen MR) is 93.5 cm³/mol. The average Bonchev–Trinajstić information content (AvgIpc) is 2.56. The number of hydrogen-bond donors (Lipinski definition) is 4. The molecule has 3 amide bonds. The Morgan fingerprint density at radius 3 is 2.50 bits per heavy atom. The molecule has 0 spiro atoms. The molecule has 1 atom stereocenters. The van der Waals surface area contributed by atoms with Gasteiger partial charge in [-0.25, -0.2) is 0 Å². The molecule has 0 saturated heterocycles. The minimum absolute atomic E-state index is 0.00799. The van der Waals surface area contributed by atoms with E-state index in [0.717, 1.165) is 6.42 Å². The number of carbonyl (C=O) groups is 3. The number of amides is 3. The maximum Gasteiger partial charge on any atom is 0.251 e. The summed E-state index contributed by atoms with van der Waals surface area (Å²) in [6.45, 7) is 6.05. The van der Waals surface area contributed by atoms with Crippen LogP contribution >= 0.6 is 0 Å². The van der Waals surface area contributed by atoms with Crippen LogP contribution in [0, 0.1) is 5.92 Å². The molecule has 0 bridgehead atoms. The molecule has 7 heteroatoms. The van der Waals surface area contributed by atoms with E-state index in [2.05, 4.69) is 16.0 Å². The number of nitrogens with one attached hydrogen (secondary N) is 3. The number of rotatable bonds is 8. The molecular formula is C17H26N4O3. The highest BCUT2D eigenvalue weighted by Gasteiger charge is 2.17. The summed E-state index contributed by atoms with van der Waals surface area (Å²) in [6, 6.07) is 5.97. The van der Waals surface area contributed by atoms with E-state index in [1.165, 1.54) is 0 Å². The first-order valence-corrected chi connectivity index (χ1v) is 8.06. The third kappa shape index (κ3) is 6.37. The molecule has 1 rings (SSSR count). The Morgan fingerprint density at radius 2 is 1.88 bits per heavy atom. The lowest BCUT2D eigenvalue weighted by atomic mass is 10.1. The fraction of sp³-hybridized carbons (Fsp3) is 0.471. The maximum absolute atomic E-state index is 11.9. The van der Waals surface area contributed by atoms with Gasteiger partial charge in [-0.15, -0.1) is 0 Å². The molecule has 0 radical (unpaired) electrons. The van der Waals surface area contributed by atoms with Crippen molar-refractivity contribution in [3.05, 3.63) is 29.8 Å². The lowest BCUT2D eigenvalue weighted by Crippen LogP contribution is -2.46. The summed E-state index contributed by atoms with van der Waals surface area (Å²) in [5, 5.41) is 7.91.